The van der Waals surface area contributed by atoms with E-state index in [1.165, 1.54) is 18.1 Å². The van der Waals surface area contributed by atoms with Gasteiger partial charge in [0.05, 0.1) is 16.2 Å². The molecule has 0 saturated heterocycles. The number of nitrogens with zero attached hydrogens (tertiary/aromatic N) is 1. The minimum Gasteiger partial charge on any atom is -0.478 e. The van der Waals surface area contributed by atoms with Crippen molar-refractivity contribution in [3.05, 3.63) is 82.5 Å². The number of halogens is 1. The van der Waals surface area contributed by atoms with Crippen molar-refractivity contribution in [1.82, 2.24) is 4.98 Å². The minimum absolute atomic E-state index is 0.759. The first-order valence-corrected chi connectivity index (χ1v) is 10.5. The summed E-state index contributed by atoms with van der Waals surface area (Å²) in [6, 6.07) is 18.1. The van der Waals surface area contributed by atoms with Crippen LogP contribution in [0.1, 0.15) is 48.9 Å². The van der Waals surface area contributed by atoms with Gasteiger partial charge >= 0.3 is 5.97 Å². The van der Waals surface area contributed by atoms with Crippen molar-refractivity contribution in [1.29, 1.82) is 0 Å². The highest BCUT2D eigenvalue weighted by molar-refractivity contribution is 6.31. The Morgan fingerprint density at radius 1 is 0.931 bits per heavy atom. The van der Waals surface area contributed by atoms with Crippen molar-refractivity contribution in [2.75, 3.05) is 0 Å². The third-order valence-corrected chi connectivity index (χ3v) is 5.40. The lowest BCUT2D eigenvalue weighted by molar-refractivity contribution is -0.131. The van der Waals surface area contributed by atoms with Crippen molar-refractivity contribution in [3.63, 3.8) is 0 Å². The highest BCUT2D eigenvalue weighted by Gasteiger charge is 2.05. The molecule has 0 amide bonds. The number of aliphatic carboxylic acids is 1. The van der Waals surface area contributed by atoms with Gasteiger partial charge in [-0.2, -0.15) is 0 Å². The molecule has 1 aromatic heterocycles. The van der Waals surface area contributed by atoms with Crippen LogP contribution >= 0.6 is 11.6 Å². The zero-order valence-electron chi connectivity index (χ0n) is 16.5. The highest BCUT2D eigenvalue weighted by Crippen LogP contribution is 2.23. The first kappa shape index (κ1) is 21.1. The Morgan fingerprint density at radius 3 is 2.45 bits per heavy atom. The Balaban J connectivity index is 1.40. The standard InChI is InChI=1S/C25H26ClNO2/c26-22-18-21-13-8-9-14-23(21)27-24(22)15-5-3-1-2-4-10-19-11-6-7-12-20(19)16-17-25(28)29/h6-9,11-14,16-18H,1-5,10,15H2,(H,28,29)/b17-16+. The number of carboxylic acid groups (broad SMARTS) is 1. The summed E-state index contributed by atoms with van der Waals surface area (Å²) in [5.74, 6) is -0.916. The topological polar surface area (TPSA) is 50.2 Å². The van der Waals surface area contributed by atoms with Crippen LogP contribution in [-0.2, 0) is 17.6 Å². The third kappa shape index (κ3) is 6.43. The van der Waals surface area contributed by atoms with E-state index in [2.05, 4.69) is 6.07 Å². The average molecular weight is 408 g/mol. The SMILES string of the molecule is O=C(O)/C=C/c1ccccc1CCCCCCCc1nc2ccccc2cc1Cl. The van der Waals surface area contributed by atoms with E-state index in [-0.39, 0.29) is 0 Å². The summed E-state index contributed by atoms with van der Waals surface area (Å²) in [7, 11) is 0. The maximum atomic E-state index is 10.7. The second-order valence-corrected chi connectivity index (χ2v) is 7.65. The van der Waals surface area contributed by atoms with Gasteiger partial charge in [-0.15, -0.1) is 0 Å². The molecule has 3 nitrogen and oxygen atoms in total. The monoisotopic (exact) mass is 407 g/mol. The summed E-state index contributed by atoms with van der Waals surface area (Å²) < 4.78 is 0. The average Bonchev–Trinajstić information content (AvgIpc) is 2.72. The van der Waals surface area contributed by atoms with E-state index >= 15 is 0 Å². The molecule has 0 radical (unpaired) electrons. The molecule has 4 heteroatoms. The number of rotatable bonds is 10. The molecule has 0 saturated carbocycles. The quantitative estimate of drug-likeness (QED) is 0.299. The number of benzene rings is 2. The summed E-state index contributed by atoms with van der Waals surface area (Å²) in [6.45, 7) is 0. The van der Waals surface area contributed by atoms with E-state index in [9.17, 15) is 4.79 Å². The number of unbranched alkanes of at least 4 members (excludes halogenated alkanes) is 4. The number of fused-ring (bicyclic) bond motifs is 1. The van der Waals surface area contributed by atoms with Gasteiger partial charge in [0.25, 0.3) is 0 Å². The second kappa shape index (κ2) is 10.8. The molecule has 0 spiro atoms. The molecular weight excluding hydrogens is 382 g/mol. The Hall–Kier alpha value is -2.65. The predicted octanol–water partition coefficient (Wildman–Crippen LogP) is 6.72. The number of para-hydroxylation sites is 1. The van der Waals surface area contributed by atoms with Crippen molar-refractivity contribution in [3.8, 4) is 0 Å². The first-order valence-electron chi connectivity index (χ1n) is 10.2. The van der Waals surface area contributed by atoms with E-state index in [0.29, 0.717) is 0 Å². The van der Waals surface area contributed by atoms with Gasteiger partial charge in [-0.25, -0.2) is 4.79 Å². The van der Waals surface area contributed by atoms with E-state index < -0.39 is 5.97 Å². The molecule has 0 unspecified atom stereocenters. The summed E-state index contributed by atoms with van der Waals surface area (Å²) in [5.41, 5.74) is 4.19. The molecule has 0 fully saturated rings. The lowest BCUT2D eigenvalue weighted by Crippen LogP contribution is -1.94. The van der Waals surface area contributed by atoms with Crippen molar-refractivity contribution < 1.29 is 9.90 Å². The molecule has 29 heavy (non-hydrogen) atoms. The fourth-order valence-electron chi connectivity index (χ4n) is 3.53. The van der Waals surface area contributed by atoms with Crippen molar-refractivity contribution in [2.24, 2.45) is 0 Å². The summed E-state index contributed by atoms with van der Waals surface area (Å²) in [6.07, 6.45) is 10.4. The van der Waals surface area contributed by atoms with Crippen molar-refractivity contribution >= 4 is 34.5 Å². The summed E-state index contributed by atoms with van der Waals surface area (Å²) in [5, 5.41) is 10.7. The molecule has 0 aliphatic rings. The lowest BCUT2D eigenvalue weighted by atomic mass is 10.00. The van der Waals surface area contributed by atoms with Crippen molar-refractivity contribution in [2.45, 2.75) is 44.9 Å². The lowest BCUT2D eigenvalue weighted by Gasteiger charge is -2.07. The van der Waals surface area contributed by atoms with Gasteiger partial charge in [-0.1, -0.05) is 73.3 Å². The van der Waals surface area contributed by atoms with Crippen LogP contribution in [0, 0.1) is 0 Å². The largest absolute Gasteiger partial charge is 0.478 e. The molecular formula is C25H26ClNO2. The van der Waals surface area contributed by atoms with Crippen LogP contribution in [0.3, 0.4) is 0 Å². The Kier molecular flexibility index (Phi) is 7.83. The number of aromatic nitrogens is 1. The number of aryl methyl sites for hydroxylation is 2. The third-order valence-electron chi connectivity index (χ3n) is 5.07. The molecule has 150 valence electrons. The van der Waals surface area contributed by atoms with Gasteiger partial charge in [0.2, 0.25) is 0 Å². The second-order valence-electron chi connectivity index (χ2n) is 7.25. The fraction of sp³-hybridized carbons (Fsp3) is 0.280. The van der Waals surface area contributed by atoms with E-state index in [1.807, 2.05) is 48.5 Å². The van der Waals surface area contributed by atoms with E-state index in [1.54, 1.807) is 6.08 Å². The maximum absolute atomic E-state index is 10.7. The molecule has 0 atom stereocenters. The number of hydrogen-bond donors (Lipinski definition) is 1. The Morgan fingerprint density at radius 2 is 1.62 bits per heavy atom. The molecule has 0 aliphatic heterocycles. The molecule has 2 aromatic carbocycles. The van der Waals surface area contributed by atoms with Gasteiger partial charge < -0.3 is 5.11 Å². The first-order chi connectivity index (χ1) is 14.1. The smallest absolute Gasteiger partial charge is 0.328 e. The number of hydrogen-bond acceptors (Lipinski definition) is 2. The fourth-order valence-corrected chi connectivity index (χ4v) is 3.78. The number of pyridine rings is 1. The van der Waals surface area contributed by atoms with Crippen LogP contribution in [0.15, 0.2) is 60.7 Å². The van der Waals surface area contributed by atoms with Gasteiger partial charge in [-0.3, -0.25) is 4.98 Å². The predicted molar refractivity (Wildman–Crippen MR) is 120 cm³/mol. The summed E-state index contributed by atoms with van der Waals surface area (Å²) >= 11 is 6.39. The van der Waals surface area contributed by atoms with Crippen LogP contribution in [0.5, 0.6) is 0 Å². The van der Waals surface area contributed by atoms with Crippen LogP contribution in [0.2, 0.25) is 5.02 Å². The van der Waals surface area contributed by atoms with Gasteiger partial charge in [0, 0.05) is 11.5 Å². The van der Waals surface area contributed by atoms with Gasteiger partial charge in [0.1, 0.15) is 0 Å². The maximum Gasteiger partial charge on any atom is 0.328 e. The molecule has 1 N–H and O–H groups in total. The molecule has 3 rings (SSSR count). The van der Waals surface area contributed by atoms with Gasteiger partial charge in [0.15, 0.2) is 0 Å². The number of carbonyl (C=O) groups is 1. The Bertz CT molecular complexity index is 997. The molecule has 1 heterocycles. The van der Waals surface area contributed by atoms with Gasteiger partial charge in [-0.05, 0) is 55.0 Å². The van der Waals surface area contributed by atoms with Crippen LogP contribution < -0.4 is 0 Å². The molecule has 0 aliphatic carbocycles. The summed E-state index contributed by atoms with van der Waals surface area (Å²) in [4.78, 5) is 15.4. The van der Waals surface area contributed by atoms with Crippen LogP contribution in [0.4, 0.5) is 0 Å². The highest BCUT2D eigenvalue weighted by atomic mass is 35.5. The molecule has 0 bridgehead atoms. The van der Waals surface area contributed by atoms with E-state index in [4.69, 9.17) is 21.7 Å². The zero-order chi connectivity index (χ0) is 20.5. The Labute approximate surface area is 177 Å². The zero-order valence-corrected chi connectivity index (χ0v) is 17.2. The minimum atomic E-state index is -0.916. The van der Waals surface area contributed by atoms with Crippen LogP contribution in [0.25, 0.3) is 17.0 Å². The van der Waals surface area contributed by atoms with Crippen LogP contribution in [-0.4, -0.2) is 16.1 Å². The molecule has 3 aromatic rings. The number of carboxylic acids is 1. The normalized spacial score (nSPS) is 11.3. The van der Waals surface area contributed by atoms with E-state index in [0.717, 1.165) is 65.7 Å².